The maximum absolute atomic E-state index is 2.68. The molecule has 13 heavy (non-hydrogen) atoms. The van der Waals surface area contributed by atoms with Gasteiger partial charge >= 0.3 is 0 Å². The van der Waals surface area contributed by atoms with E-state index in [-0.39, 0.29) is 0 Å². The largest absolute Gasteiger partial charge is 0.302 e. The molecule has 2 nitrogen and oxygen atoms in total. The number of piperidine rings is 1. The van der Waals surface area contributed by atoms with Crippen LogP contribution in [0.5, 0.6) is 0 Å². The van der Waals surface area contributed by atoms with Crippen LogP contribution in [0.1, 0.15) is 26.7 Å². The van der Waals surface area contributed by atoms with Gasteiger partial charge in [-0.15, -0.1) is 0 Å². The van der Waals surface area contributed by atoms with Gasteiger partial charge in [0.05, 0.1) is 0 Å². The summed E-state index contributed by atoms with van der Waals surface area (Å²) in [7, 11) is 0. The molecule has 2 atom stereocenters. The maximum Gasteiger partial charge on any atom is 0.0263 e. The Balaban J connectivity index is 1.99. The molecular formula is C11H22N2. The predicted molar refractivity (Wildman–Crippen MR) is 55.9 cm³/mol. The highest BCUT2D eigenvalue weighted by Crippen LogP contribution is 2.29. The second kappa shape index (κ2) is 3.97. The van der Waals surface area contributed by atoms with Crippen LogP contribution in [-0.4, -0.2) is 48.6 Å². The number of likely N-dealkylation sites (tertiary alicyclic amines) is 2. The van der Waals surface area contributed by atoms with E-state index in [1.165, 1.54) is 45.6 Å². The van der Waals surface area contributed by atoms with E-state index in [9.17, 15) is 0 Å². The van der Waals surface area contributed by atoms with Crippen LogP contribution in [0.2, 0.25) is 0 Å². The number of fused-ring (bicyclic) bond motifs is 1. The van der Waals surface area contributed by atoms with Gasteiger partial charge in [-0.25, -0.2) is 0 Å². The summed E-state index contributed by atoms with van der Waals surface area (Å²) in [5, 5.41) is 0. The van der Waals surface area contributed by atoms with Gasteiger partial charge in [0, 0.05) is 19.1 Å². The summed E-state index contributed by atoms with van der Waals surface area (Å²) in [5.74, 6) is 0.980. The fourth-order valence-electron chi connectivity index (χ4n) is 3.01. The SMILES string of the molecule is CCN1CC2CCCN(CC)C2C1. The van der Waals surface area contributed by atoms with Crippen LogP contribution in [0.4, 0.5) is 0 Å². The summed E-state index contributed by atoms with van der Waals surface area (Å²) < 4.78 is 0. The Morgan fingerprint density at radius 3 is 2.69 bits per heavy atom. The molecule has 0 spiro atoms. The third-order valence-corrected chi connectivity index (χ3v) is 3.82. The molecule has 76 valence electrons. The smallest absolute Gasteiger partial charge is 0.0263 e. The number of likely N-dealkylation sites (N-methyl/N-ethyl adjacent to an activating group) is 2. The van der Waals surface area contributed by atoms with Crippen LogP contribution < -0.4 is 0 Å². The molecule has 2 unspecified atom stereocenters. The van der Waals surface area contributed by atoms with E-state index < -0.39 is 0 Å². The monoisotopic (exact) mass is 182 g/mol. The Labute approximate surface area is 81.9 Å². The topological polar surface area (TPSA) is 6.48 Å². The number of rotatable bonds is 2. The van der Waals surface area contributed by atoms with Crippen LogP contribution >= 0.6 is 0 Å². The number of hydrogen-bond acceptors (Lipinski definition) is 2. The molecule has 2 heterocycles. The van der Waals surface area contributed by atoms with Crippen molar-refractivity contribution in [3.8, 4) is 0 Å². The Bertz CT molecular complexity index is 169. The zero-order valence-corrected chi connectivity index (χ0v) is 9.00. The van der Waals surface area contributed by atoms with Crippen molar-refractivity contribution < 1.29 is 0 Å². The lowest BCUT2D eigenvalue weighted by atomic mass is 9.92. The second-order valence-corrected chi connectivity index (χ2v) is 4.45. The molecule has 2 heteroatoms. The standard InChI is InChI=1S/C11H22N2/c1-3-12-8-10-6-5-7-13(4-2)11(10)9-12/h10-11H,3-9H2,1-2H3. The minimum Gasteiger partial charge on any atom is -0.302 e. The Morgan fingerprint density at radius 1 is 1.15 bits per heavy atom. The molecule has 2 aliphatic heterocycles. The fraction of sp³-hybridized carbons (Fsp3) is 1.00. The molecule has 0 radical (unpaired) electrons. The first kappa shape index (κ1) is 9.47. The van der Waals surface area contributed by atoms with Crippen LogP contribution in [0.25, 0.3) is 0 Å². The van der Waals surface area contributed by atoms with E-state index in [4.69, 9.17) is 0 Å². The predicted octanol–water partition coefficient (Wildman–Crippen LogP) is 1.42. The maximum atomic E-state index is 2.68. The molecule has 2 saturated heterocycles. The molecule has 2 aliphatic rings. The lowest BCUT2D eigenvalue weighted by Gasteiger charge is -2.36. The summed E-state index contributed by atoms with van der Waals surface area (Å²) in [6.45, 7) is 11.1. The van der Waals surface area contributed by atoms with Crippen molar-refractivity contribution in [1.29, 1.82) is 0 Å². The summed E-state index contributed by atoms with van der Waals surface area (Å²) in [6.07, 6.45) is 2.89. The van der Waals surface area contributed by atoms with Gasteiger partial charge in [0.2, 0.25) is 0 Å². The van der Waals surface area contributed by atoms with E-state index in [1.54, 1.807) is 0 Å². The van der Waals surface area contributed by atoms with E-state index in [2.05, 4.69) is 23.6 Å². The fourth-order valence-corrected chi connectivity index (χ4v) is 3.01. The molecule has 0 amide bonds. The molecule has 0 bridgehead atoms. The van der Waals surface area contributed by atoms with Crippen molar-refractivity contribution in [2.75, 3.05) is 32.7 Å². The minimum absolute atomic E-state index is 0.888. The highest BCUT2D eigenvalue weighted by atomic mass is 15.3. The van der Waals surface area contributed by atoms with E-state index in [0.717, 1.165) is 12.0 Å². The molecule has 0 aromatic heterocycles. The third-order valence-electron chi connectivity index (χ3n) is 3.82. The van der Waals surface area contributed by atoms with Crippen LogP contribution in [-0.2, 0) is 0 Å². The van der Waals surface area contributed by atoms with Crippen LogP contribution in [0, 0.1) is 5.92 Å². The first-order valence-electron chi connectivity index (χ1n) is 5.81. The van der Waals surface area contributed by atoms with Crippen molar-refractivity contribution in [3.63, 3.8) is 0 Å². The van der Waals surface area contributed by atoms with Gasteiger partial charge in [-0.05, 0) is 38.4 Å². The van der Waals surface area contributed by atoms with Crippen molar-refractivity contribution in [1.82, 2.24) is 9.80 Å². The minimum atomic E-state index is 0.888. The molecule has 2 fully saturated rings. The van der Waals surface area contributed by atoms with Gasteiger partial charge in [0.1, 0.15) is 0 Å². The third kappa shape index (κ3) is 1.75. The molecular weight excluding hydrogens is 160 g/mol. The lowest BCUT2D eigenvalue weighted by Crippen LogP contribution is -2.44. The van der Waals surface area contributed by atoms with Gasteiger partial charge in [-0.2, -0.15) is 0 Å². The van der Waals surface area contributed by atoms with Gasteiger partial charge in [0.15, 0.2) is 0 Å². The zero-order chi connectivity index (χ0) is 9.26. The molecule has 0 aromatic carbocycles. The average molecular weight is 182 g/mol. The first-order chi connectivity index (χ1) is 6.35. The zero-order valence-electron chi connectivity index (χ0n) is 9.00. The van der Waals surface area contributed by atoms with Gasteiger partial charge in [-0.3, -0.25) is 4.90 Å². The molecule has 0 saturated carbocycles. The first-order valence-corrected chi connectivity index (χ1v) is 5.81. The van der Waals surface area contributed by atoms with Gasteiger partial charge < -0.3 is 4.90 Å². The van der Waals surface area contributed by atoms with Gasteiger partial charge in [0.25, 0.3) is 0 Å². The van der Waals surface area contributed by atoms with E-state index in [0.29, 0.717) is 0 Å². The highest BCUT2D eigenvalue weighted by molar-refractivity contribution is 4.92. The number of hydrogen-bond donors (Lipinski definition) is 0. The molecule has 0 aliphatic carbocycles. The molecule has 0 N–H and O–H groups in total. The van der Waals surface area contributed by atoms with E-state index in [1.807, 2.05) is 0 Å². The Morgan fingerprint density at radius 2 is 2.00 bits per heavy atom. The highest BCUT2D eigenvalue weighted by Gasteiger charge is 2.37. The Kier molecular flexibility index (Phi) is 2.89. The second-order valence-electron chi connectivity index (χ2n) is 4.45. The van der Waals surface area contributed by atoms with Crippen molar-refractivity contribution >= 4 is 0 Å². The van der Waals surface area contributed by atoms with Crippen molar-refractivity contribution in [2.45, 2.75) is 32.7 Å². The lowest BCUT2D eigenvalue weighted by molar-refractivity contribution is 0.131. The summed E-state index contributed by atoms with van der Waals surface area (Å²) in [5.41, 5.74) is 0. The van der Waals surface area contributed by atoms with E-state index >= 15 is 0 Å². The van der Waals surface area contributed by atoms with Crippen molar-refractivity contribution in [3.05, 3.63) is 0 Å². The Hall–Kier alpha value is -0.0800. The number of nitrogens with zero attached hydrogens (tertiary/aromatic N) is 2. The summed E-state index contributed by atoms with van der Waals surface area (Å²) >= 11 is 0. The van der Waals surface area contributed by atoms with Crippen LogP contribution in [0.15, 0.2) is 0 Å². The summed E-state index contributed by atoms with van der Waals surface area (Å²) in [4.78, 5) is 5.30. The molecule has 0 aromatic rings. The average Bonchev–Trinajstić information content (AvgIpc) is 2.59. The molecule has 2 rings (SSSR count). The quantitative estimate of drug-likeness (QED) is 0.637. The normalized spacial score (nSPS) is 36.5. The van der Waals surface area contributed by atoms with Crippen molar-refractivity contribution in [2.24, 2.45) is 5.92 Å². The van der Waals surface area contributed by atoms with Gasteiger partial charge in [-0.1, -0.05) is 13.8 Å². The summed E-state index contributed by atoms with van der Waals surface area (Å²) in [6, 6.07) is 0.888. The van der Waals surface area contributed by atoms with Crippen LogP contribution in [0.3, 0.4) is 0 Å².